The number of hydrogen-bond acceptors (Lipinski definition) is 5. The monoisotopic (exact) mass is 504 g/mol. The van der Waals surface area contributed by atoms with Crippen LogP contribution in [0.5, 0.6) is 0 Å². The summed E-state index contributed by atoms with van der Waals surface area (Å²) in [4.78, 5) is 44.6. The Balaban J connectivity index is 1.55. The van der Waals surface area contributed by atoms with E-state index in [1.54, 1.807) is 0 Å². The van der Waals surface area contributed by atoms with Crippen molar-refractivity contribution in [3.05, 3.63) is 106 Å². The molecule has 0 aliphatic carbocycles. The Bertz CT molecular complexity index is 1800. The maximum Gasteiger partial charge on any atom is 0.347 e. The first-order valence-corrected chi connectivity index (χ1v) is 12.3. The number of carbonyl (C=O) groups excluding carboxylic acids is 3. The van der Waals surface area contributed by atoms with E-state index in [-0.39, 0.29) is 23.7 Å². The van der Waals surface area contributed by atoms with E-state index < -0.39 is 11.9 Å². The van der Waals surface area contributed by atoms with Gasteiger partial charge in [-0.3, -0.25) is 4.79 Å². The predicted molar refractivity (Wildman–Crippen MR) is 144 cm³/mol. The number of fused-ring (bicyclic) bond motifs is 2. The second-order valence-corrected chi connectivity index (χ2v) is 9.40. The van der Waals surface area contributed by atoms with Gasteiger partial charge in [0.2, 0.25) is 0 Å². The Morgan fingerprint density at radius 3 is 2.11 bits per heavy atom. The van der Waals surface area contributed by atoms with Gasteiger partial charge in [-0.05, 0) is 30.2 Å². The number of aromatic nitrogens is 2. The number of esters is 3. The van der Waals surface area contributed by atoms with Gasteiger partial charge in [-0.25, -0.2) is 9.59 Å². The first-order valence-electron chi connectivity index (χ1n) is 12.3. The Labute approximate surface area is 218 Å². The lowest BCUT2D eigenvalue weighted by Gasteiger charge is -2.09. The lowest BCUT2D eigenvalue weighted by Crippen LogP contribution is -2.03. The van der Waals surface area contributed by atoms with Gasteiger partial charge in [-0.15, -0.1) is 0 Å². The van der Waals surface area contributed by atoms with Gasteiger partial charge in [-0.1, -0.05) is 60.7 Å². The number of cyclic esters (lactones) is 2. The summed E-state index contributed by atoms with van der Waals surface area (Å²) in [6.45, 7) is 3.45. The molecule has 0 saturated heterocycles. The van der Waals surface area contributed by atoms with Crippen LogP contribution in [0.15, 0.2) is 72.8 Å². The van der Waals surface area contributed by atoms with Gasteiger partial charge in [0, 0.05) is 57.7 Å². The van der Waals surface area contributed by atoms with Gasteiger partial charge in [0.15, 0.2) is 0 Å². The van der Waals surface area contributed by atoms with Crippen LogP contribution in [0, 0.1) is 6.92 Å². The highest BCUT2D eigenvalue weighted by Crippen LogP contribution is 2.42. The summed E-state index contributed by atoms with van der Waals surface area (Å²) in [5.41, 5.74) is 6.97. The van der Waals surface area contributed by atoms with Crippen LogP contribution in [0.25, 0.3) is 33.0 Å². The second-order valence-electron chi connectivity index (χ2n) is 9.40. The topological polar surface area (TPSA) is 101 Å². The molecule has 0 saturated carbocycles. The van der Waals surface area contributed by atoms with E-state index in [4.69, 9.17) is 9.47 Å². The largest absolute Gasteiger partial charge is 0.461 e. The van der Waals surface area contributed by atoms with Crippen molar-refractivity contribution >= 4 is 50.9 Å². The summed E-state index contributed by atoms with van der Waals surface area (Å²) in [7, 11) is 0. The van der Waals surface area contributed by atoms with Crippen LogP contribution >= 0.6 is 0 Å². The summed E-state index contributed by atoms with van der Waals surface area (Å²) in [5.74, 6) is -1.66. The van der Waals surface area contributed by atoms with Crippen molar-refractivity contribution in [1.29, 1.82) is 0 Å². The van der Waals surface area contributed by atoms with Crippen molar-refractivity contribution in [1.82, 2.24) is 9.97 Å². The first-order chi connectivity index (χ1) is 18.4. The van der Waals surface area contributed by atoms with Gasteiger partial charge in [0.05, 0.1) is 11.1 Å². The summed E-state index contributed by atoms with van der Waals surface area (Å²) in [6, 6.07) is 23.1. The highest BCUT2D eigenvalue weighted by molar-refractivity contribution is 6.47. The van der Waals surface area contributed by atoms with Crippen LogP contribution in [-0.2, 0) is 36.9 Å². The van der Waals surface area contributed by atoms with Crippen LogP contribution in [0.2, 0.25) is 0 Å². The van der Waals surface area contributed by atoms with Crippen LogP contribution in [0.3, 0.4) is 0 Å². The molecule has 2 aromatic heterocycles. The third kappa shape index (κ3) is 3.98. The summed E-state index contributed by atoms with van der Waals surface area (Å²) < 4.78 is 10.4. The predicted octanol–water partition coefficient (Wildman–Crippen LogP) is 5.61. The van der Waals surface area contributed by atoms with Gasteiger partial charge < -0.3 is 19.4 Å². The average Bonchev–Trinajstić information content (AvgIpc) is 3.51. The number of hydrogen-bond donors (Lipinski definition) is 2. The Morgan fingerprint density at radius 1 is 0.789 bits per heavy atom. The van der Waals surface area contributed by atoms with E-state index in [1.165, 1.54) is 6.92 Å². The molecule has 7 nitrogen and oxygen atoms in total. The fourth-order valence-corrected chi connectivity index (χ4v) is 5.28. The fraction of sp³-hybridized carbons (Fsp3) is 0.129. The molecule has 0 fully saturated rings. The second kappa shape index (κ2) is 9.19. The molecule has 0 bridgehead atoms. The molecule has 3 heterocycles. The summed E-state index contributed by atoms with van der Waals surface area (Å²) in [6.07, 6.45) is 0.461. The molecule has 5 aromatic rings. The van der Waals surface area contributed by atoms with Crippen LogP contribution < -0.4 is 0 Å². The molecule has 0 unspecified atom stereocenters. The fourth-order valence-electron chi connectivity index (χ4n) is 5.28. The summed E-state index contributed by atoms with van der Waals surface area (Å²) in [5, 5.41) is 1.68. The number of carbonyl (C=O) groups is 3. The third-order valence-electron chi connectivity index (χ3n) is 6.84. The lowest BCUT2D eigenvalue weighted by atomic mass is 9.91. The van der Waals surface area contributed by atoms with Crippen molar-refractivity contribution < 1.29 is 23.9 Å². The Kier molecular flexibility index (Phi) is 5.68. The zero-order valence-corrected chi connectivity index (χ0v) is 20.9. The standard InChI is InChI=1S/C31H24N2O5/c1-17-26(21-10-3-5-12-23(21)32-17)28-29(31(36)38-30(28)35)27-22-11-4-6-13-24(22)33-25(27)15-19-8-7-9-20(14-19)16-37-18(2)34/h3-14,32-33H,15-16H2,1-2H3. The molecule has 7 heteroatoms. The van der Waals surface area contributed by atoms with E-state index in [2.05, 4.69) is 9.97 Å². The zero-order chi connectivity index (χ0) is 26.4. The van der Waals surface area contributed by atoms with E-state index >= 15 is 0 Å². The molecule has 3 aromatic carbocycles. The molecule has 38 heavy (non-hydrogen) atoms. The Hall–Kier alpha value is -4.91. The molecule has 0 amide bonds. The van der Waals surface area contributed by atoms with Crippen molar-refractivity contribution in [2.75, 3.05) is 0 Å². The van der Waals surface area contributed by atoms with E-state index in [0.717, 1.165) is 44.3 Å². The quantitative estimate of drug-likeness (QED) is 0.231. The molecule has 0 radical (unpaired) electrons. The smallest absolute Gasteiger partial charge is 0.347 e. The first kappa shape index (κ1) is 23.5. The van der Waals surface area contributed by atoms with Crippen molar-refractivity contribution in [3.63, 3.8) is 0 Å². The number of rotatable bonds is 6. The SMILES string of the molecule is CC(=O)OCc1cccc(Cc2[nH]c3ccccc3c2C2=C(c3c(C)[nH]c4ccccc34)C(=O)OC2=O)c1. The number of ether oxygens (including phenoxy) is 2. The number of aryl methyl sites for hydroxylation is 1. The molecule has 1 aliphatic heterocycles. The third-order valence-corrected chi connectivity index (χ3v) is 6.84. The molecule has 2 N–H and O–H groups in total. The van der Waals surface area contributed by atoms with Gasteiger partial charge in [-0.2, -0.15) is 0 Å². The number of aromatic amines is 2. The average molecular weight is 505 g/mol. The number of H-pyrrole nitrogens is 2. The minimum Gasteiger partial charge on any atom is -0.461 e. The van der Waals surface area contributed by atoms with Crippen molar-refractivity contribution in [3.8, 4) is 0 Å². The summed E-state index contributed by atoms with van der Waals surface area (Å²) >= 11 is 0. The van der Waals surface area contributed by atoms with Crippen molar-refractivity contribution in [2.24, 2.45) is 0 Å². The van der Waals surface area contributed by atoms with E-state index in [9.17, 15) is 14.4 Å². The maximum absolute atomic E-state index is 13.3. The van der Waals surface area contributed by atoms with Crippen LogP contribution in [-0.4, -0.2) is 27.9 Å². The molecular formula is C31H24N2O5. The molecule has 1 aliphatic rings. The van der Waals surface area contributed by atoms with Crippen molar-refractivity contribution in [2.45, 2.75) is 26.9 Å². The van der Waals surface area contributed by atoms with Crippen LogP contribution in [0.1, 0.15) is 40.6 Å². The lowest BCUT2D eigenvalue weighted by molar-refractivity contribution is -0.149. The van der Waals surface area contributed by atoms with Gasteiger partial charge in [0.25, 0.3) is 0 Å². The highest BCUT2D eigenvalue weighted by atomic mass is 16.6. The van der Waals surface area contributed by atoms with E-state index in [0.29, 0.717) is 17.5 Å². The zero-order valence-electron chi connectivity index (χ0n) is 20.9. The van der Waals surface area contributed by atoms with E-state index in [1.807, 2.05) is 79.7 Å². The molecule has 0 spiro atoms. The highest BCUT2D eigenvalue weighted by Gasteiger charge is 2.39. The molecule has 6 rings (SSSR count). The van der Waals surface area contributed by atoms with Gasteiger partial charge in [0.1, 0.15) is 6.61 Å². The Morgan fingerprint density at radius 2 is 1.39 bits per heavy atom. The minimum absolute atomic E-state index is 0.179. The molecule has 188 valence electrons. The normalized spacial score (nSPS) is 13.5. The minimum atomic E-state index is -0.663. The number of benzene rings is 3. The molecule has 0 atom stereocenters. The number of para-hydroxylation sites is 2. The molecular weight excluding hydrogens is 480 g/mol. The number of nitrogens with one attached hydrogen (secondary N) is 2. The van der Waals surface area contributed by atoms with Gasteiger partial charge >= 0.3 is 17.9 Å². The van der Waals surface area contributed by atoms with Crippen LogP contribution in [0.4, 0.5) is 0 Å². The maximum atomic E-state index is 13.3.